The molecule has 1 aliphatic carbocycles. The Hall–Kier alpha value is -2.51. The van der Waals surface area contributed by atoms with Crippen molar-refractivity contribution in [1.82, 2.24) is 14.9 Å². The Morgan fingerprint density at radius 3 is 2.81 bits per heavy atom. The molecule has 0 bridgehead atoms. The number of carbonyl (C=O) groups excluding carboxylic acids is 2. The Morgan fingerprint density at radius 2 is 2.06 bits per heavy atom. The molecule has 0 radical (unpaired) electrons. The molecule has 1 aromatic carbocycles. The highest BCUT2D eigenvalue weighted by Gasteiger charge is 2.40. The van der Waals surface area contributed by atoms with Gasteiger partial charge in [-0.2, -0.15) is 0 Å². The summed E-state index contributed by atoms with van der Waals surface area (Å²) >= 11 is 6.28. The molecule has 1 aromatic heterocycles. The number of fused-ring (bicyclic) bond motifs is 1. The van der Waals surface area contributed by atoms with Gasteiger partial charge in [-0.05, 0) is 55.2 Å². The van der Waals surface area contributed by atoms with E-state index >= 15 is 0 Å². The van der Waals surface area contributed by atoms with Gasteiger partial charge in [-0.25, -0.2) is 0 Å². The van der Waals surface area contributed by atoms with Gasteiger partial charge in [0.25, 0.3) is 0 Å². The van der Waals surface area contributed by atoms with E-state index in [1.165, 1.54) is 26.2 Å². The molecule has 164 valence electrons. The highest BCUT2D eigenvalue weighted by molar-refractivity contribution is 6.34. The van der Waals surface area contributed by atoms with Crippen molar-refractivity contribution in [2.75, 3.05) is 30.3 Å². The smallest absolute Gasteiger partial charge is 0.238 e. The molecule has 2 fully saturated rings. The summed E-state index contributed by atoms with van der Waals surface area (Å²) in [6.45, 7) is 3.70. The van der Waals surface area contributed by atoms with E-state index in [1.807, 2.05) is 6.20 Å². The van der Waals surface area contributed by atoms with Crippen LogP contribution >= 0.6 is 11.6 Å². The summed E-state index contributed by atoms with van der Waals surface area (Å²) in [5.41, 5.74) is 2.22. The van der Waals surface area contributed by atoms with Crippen LogP contribution in [0.4, 0.5) is 11.4 Å². The lowest BCUT2D eigenvalue weighted by Gasteiger charge is -2.32. The minimum atomic E-state index is -0.166. The molecule has 2 aliphatic rings. The number of hydrogen-bond donors (Lipinski definition) is 2. The predicted octanol–water partition coefficient (Wildman–Crippen LogP) is 3.62. The number of anilines is 2. The molecule has 4 rings (SSSR count). The van der Waals surface area contributed by atoms with Gasteiger partial charge in [0, 0.05) is 44.3 Å². The van der Waals surface area contributed by atoms with Crippen LogP contribution in [0.15, 0.2) is 36.8 Å². The molecule has 7 nitrogen and oxygen atoms in total. The molecule has 2 heterocycles. The highest BCUT2D eigenvalue weighted by Crippen LogP contribution is 2.41. The van der Waals surface area contributed by atoms with Crippen LogP contribution in [-0.2, 0) is 16.0 Å². The number of amides is 2. The average Bonchev–Trinajstić information content (AvgIpc) is 3.14. The zero-order chi connectivity index (χ0) is 21.8. The second-order valence-corrected chi connectivity index (χ2v) is 9.04. The van der Waals surface area contributed by atoms with Crippen LogP contribution in [0.1, 0.15) is 31.9 Å². The second-order valence-electron chi connectivity index (χ2n) is 8.63. The summed E-state index contributed by atoms with van der Waals surface area (Å²) in [6, 6.07) is 5.08. The van der Waals surface area contributed by atoms with Gasteiger partial charge < -0.3 is 10.6 Å². The van der Waals surface area contributed by atoms with E-state index in [0.29, 0.717) is 40.7 Å². The third kappa shape index (κ3) is 5.60. The molecule has 3 atom stereocenters. The first kappa shape index (κ1) is 21.7. The predicted molar refractivity (Wildman–Crippen MR) is 121 cm³/mol. The summed E-state index contributed by atoms with van der Waals surface area (Å²) in [7, 11) is 0. The maximum absolute atomic E-state index is 12.7. The van der Waals surface area contributed by atoms with Crippen LogP contribution in [0.5, 0.6) is 0 Å². The first-order valence-corrected chi connectivity index (χ1v) is 11.2. The second kappa shape index (κ2) is 9.75. The van der Waals surface area contributed by atoms with Crippen molar-refractivity contribution in [3.63, 3.8) is 0 Å². The molecule has 2 aromatic rings. The SMILES string of the molecule is CC(=O)Nc1ccc(NC(=O)CN2C[C@H]3CCC[C@H](Cc4cnccn4)[C@H]3C2)c(Cl)c1. The maximum Gasteiger partial charge on any atom is 0.238 e. The quantitative estimate of drug-likeness (QED) is 0.714. The molecule has 1 saturated carbocycles. The number of rotatable bonds is 6. The minimum Gasteiger partial charge on any atom is -0.326 e. The van der Waals surface area contributed by atoms with E-state index in [2.05, 4.69) is 25.5 Å². The molecular weight excluding hydrogens is 414 g/mol. The summed E-state index contributed by atoms with van der Waals surface area (Å²) in [6.07, 6.45) is 9.99. The number of benzene rings is 1. The molecule has 8 heteroatoms. The fraction of sp³-hybridized carbons (Fsp3) is 0.478. The van der Waals surface area contributed by atoms with E-state index in [0.717, 1.165) is 25.2 Å². The van der Waals surface area contributed by atoms with Gasteiger partial charge in [0.05, 0.1) is 22.9 Å². The van der Waals surface area contributed by atoms with E-state index in [-0.39, 0.29) is 11.8 Å². The topological polar surface area (TPSA) is 87.2 Å². The summed E-state index contributed by atoms with van der Waals surface area (Å²) in [4.78, 5) is 34.8. The average molecular weight is 442 g/mol. The van der Waals surface area contributed by atoms with E-state index in [4.69, 9.17) is 11.6 Å². The summed E-state index contributed by atoms with van der Waals surface area (Å²) < 4.78 is 0. The minimum absolute atomic E-state index is 0.0710. The Morgan fingerprint density at radius 1 is 1.19 bits per heavy atom. The van der Waals surface area contributed by atoms with Crippen molar-refractivity contribution in [3.05, 3.63) is 47.5 Å². The van der Waals surface area contributed by atoms with E-state index < -0.39 is 0 Å². The van der Waals surface area contributed by atoms with Crippen molar-refractivity contribution in [1.29, 1.82) is 0 Å². The lowest BCUT2D eigenvalue weighted by atomic mass is 9.72. The van der Waals surface area contributed by atoms with Gasteiger partial charge in [0.2, 0.25) is 11.8 Å². The van der Waals surface area contributed by atoms with Gasteiger partial charge in [0.1, 0.15) is 0 Å². The van der Waals surface area contributed by atoms with E-state index in [9.17, 15) is 9.59 Å². The Balaban J connectivity index is 1.33. The number of carbonyl (C=O) groups is 2. The normalized spacial score (nSPS) is 23.2. The van der Waals surface area contributed by atoms with Crippen LogP contribution in [0, 0.1) is 17.8 Å². The van der Waals surface area contributed by atoms with Crippen LogP contribution in [0.25, 0.3) is 0 Å². The molecule has 2 N–H and O–H groups in total. The third-order valence-electron chi connectivity index (χ3n) is 6.34. The first-order valence-electron chi connectivity index (χ1n) is 10.8. The number of likely N-dealkylation sites (tertiary alicyclic amines) is 1. The van der Waals surface area contributed by atoms with E-state index in [1.54, 1.807) is 30.6 Å². The monoisotopic (exact) mass is 441 g/mol. The molecule has 2 amide bonds. The van der Waals surface area contributed by atoms with Gasteiger partial charge in [0.15, 0.2) is 0 Å². The van der Waals surface area contributed by atoms with Gasteiger partial charge in [-0.3, -0.25) is 24.5 Å². The molecule has 31 heavy (non-hydrogen) atoms. The van der Waals surface area contributed by atoms with Crippen LogP contribution in [-0.4, -0.2) is 46.3 Å². The fourth-order valence-corrected chi connectivity index (χ4v) is 5.29. The molecule has 0 spiro atoms. The third-order valence-corrected chi connectivity index (χ3v) is 6.65. The van der Waals surface area contributed by atoms with Gasteiger partial charge >= 0.3 is 0 Å². The number of halogens is 1. The standard InChI is InChI=1S/C23H28ClN5O2/c1-15(30)27-18-5-6-22(21(24)10-18)28-23(31)14-29-12-17-4-2-3-16(20(17)13-29)9-19-11-25-7-8-26-19/h5-8,10-11,16-17,20H,2-4,9,12-14H2,1H3,(H,27,30)(H,28,31)/t16-,17-,20-/m1/s1. The van der Waals surface area contributed by atoms with Crippen molar-refractivity contribution in [2.24, 2.45) is 17.8 Å². The van der Waals surface area contributed by atoms with Crippen LogP contribution in [0.2, 0.25) is 5.02 Å². The number of nitrogens with zero attached hydrogens (tertiary/aromatic N) is 3. The van der Waals surface area contributed by atoms with Crippen molar-refractivity contribution < 1.29 is 9.59 Å². The number of aromatic nitrogens is 2. The molecule has 0 unspecified atom stereocenters. The van der Waals surface area contributed by atoms with Gasteiger partial charge in [-0.1, -0.05) is 18.0 Å². The summed E-state index contributed by atoms with van der Waals surface area (Å²) in [5.74, 6) is 1.60. The largest absolute Gasteiger partial charge is 0.326 e. The summed E-state index contributed by atoms with van der Waals surface area (Å²) in [5, 5.41) is 5.99. The number of hydrogen-bond acceptors (Lipinski definition) is 5. The van der Waals surface area contributed by atoms with Crippen LogP contribution in [0.3, 0.4) is 0 Å². The Labute approximate surface area is 187 Å². The van der Waals surface area contributed by atoms with Crippen molar-refractivity contribution >= 4 is 34.8 Å². The van der Waals surface area contributed by atoms with Gasteiger partial charge in [-0.15, -0.1) is 0 Å². The molecular formula is C23H28ClN5O2. The first-order chi connectivity index (χ1) is 15.0. The lowest BCUT2D eigenvalue weighted by Crippen LogP contribution is -2.32. The van der Waals surface area contributed by atoms with Crippen molar-refractivity contribution in [3.8, 4) is 0 Å². The lowest BCUT2D eigenvalue weighted by molar-refractivity contribution is -0.117. The maximum atomic E-state index is 12.7. The zero-order valence-corrected chi connectivity index (χ0v) is 18.4. The van der Waals surface area contributed by atoms with Crippen LogP contribution < -0.4 is 10.6 Å². The molecule has 1 saturated heterocycles. The fourth-order valence-electron chi connectivity index (χ4n) is 5.06. The molecule has 1 aliphatic heterocycles. The van der Waals surface area contributed by atoms with Crippen molar-refractivity contribution in [2.45, 2.75) is 32.6 Å². The zero-order valence-electron chi connectivity index (χ0n) is 17.7. The Kier molecular flexibility index (Phi) is 6.83. The Bertz CT molecular complexity index is 939. The highest BCUT2D eigenvalue weighted by atomic mass is 35.5. The number of nitrogens with one attached hydrogen (secondary N) is 2.